The van der Waals surface area contributed by atoms with Crippen LogP contribution in [0, 0.1) is 0 Å². The number of pyridine rings is 1. The van der Waals surface area contributed by atoms with Crippen LogP contribution in [0.3, 0.4) is 0 Å². The molecule has 0 aliphatic heterocycles. The molecule has 0 aliphatic carbocycles. The molecule has 3 nitrogen and oxygen atoms in total. The largest absolute Gasteiger partial charge is 0.478 e. The first-order chi connectivity index (χ1) is 13.7. The lowest BCUT2D eigenvalue weighted by atomic mass is 10.0. The topological polar surface area (TPSA) is 50.2 Å². The van der Waals surface area contributed by atoms with Gasteiger partial charge in [-0.3, -0.25) is 4.98 Å². The SMILES string of the molecule is CCCCCCCc1ccc(-c2ccc(-c3ccc(C(=O)O)cc3)cc2)nc1. The van der Waals surface area contributed by atoms with Crippen molar-refractivity contribution >= 4 is 5.97 Å². The third kappa shape index (κ3) is 5.29. The lowest BCUT2D eigenvalue weighted by molar-refractivity contribution is 0.0697. The van der Waals surface area contributed by atoms with Crippen LogP contribution in [0.1, 0.15) is 54.9 Å². The molecule has 1 heterocycles. The van der Waals surface area contributed by atoms with Crippen molar-refractivity contribution in [2.24, 2.45) is 0 Å². The Bertz CT molecular complexity index is 881. The fourth-order valence-corrected chi connectivity index (χ4v) is 3.31. The van der Waals surface area contributed by atoms with Crippen LogP contribution >= 0.6 is 0 Å². The number of carboxylic acid groups (broad SMARTS) is 1. The highest BCUT2D eigenvalue weighted by molar-refractivity contribution is 5.88. The van der Waals surface area contributed by atoms with E-state index in [-0.39, 0.29) is 0 Å². The standard InChI is InChI=1S/C25H27NO2/c1-2-3-4-5-6-7-19-8-17-24(26-18-19)22-13-9-20(10-14-22)21-11-15-23(16-12-21)25(27)28/h8-18H,2-7H2,1H3,(H,27,28). The van der Waals surface area contributed by atoms with Gasteiger partial charge in [-0.05, 0) is 47.7 Å². The molecule has 0 bridgehead atoms. The molecule has 2 aromatic carbocycles. The van der Waals surface area contributed by atoms with E-state index in [1.165, 1.54) is 37.7 Å². The zero-order valence-electron chi connectivity index (χ0n) is 16.4. The second-order valence-electron chi connectivity index (χ2n) is 7.18. The molecule has 0 atom stereocenters. The van der Waals surface area contributed by atoms with E-state index in [4.69, 9.17) is 5.11 Å². The number of unbranched alkanes of at least 4 members (excludes halogenated alkanes) is 4. The van der Waals surface area contributed by atoms with E-state index in [1.807, 2.05) is 18.3 Å². The van der Waals surface area contributed by atoms with Crippen molar-refractivity contribution in [1.29, 1.82) is 0 Å². The number of benzene rings is 2. The maximum absolute atomic E-state index is 11.0. The van der Waals surface area contributed by atoms with Gasteiger partial charge in [0.05, 0.1) is 11.3 Å². The molecule has 0 saturated carbocycles. The molecule has 144 valence electrons. The monoisotopic (exact) mass is 373 g/mol. The van der Waals surface area contributed by atoms with Gasteiger partial charge in [0.15, 0.2) is 0 Å². The van der Waals surface area contributed by atoms with E-state index in [0.29, 0.717) is 5.56 Å². The van der Waals surface area contributed by atoms with Crippen molar-refractivity contribution in [3.05, 3.63) is 78.0 Å². The lowest BCUT2D eigenvalue weighted by Gasteiger charge is -2.06. The summed E-state index contributed by atoms with van der Waals surface area (Å²) in [7, 11) is 0. The second kappa shape index (κ2) is 9.84. The average molecular weight is 373 g/mol. The Kier molecular flexibility index (Phi) is 6.96. The van der Waals surface area contributed by atoms with E-state index < -0.39 is 5.97 Å². The van der Waals surface area contributed by atoms with Crippen molar-refractivity contribution in [3.8, 4) is 22.4 Å². The smallest absolute Gasteiger partial charge is 0.335 e. The first-order valence-corrected chi connectivity index (χ1v) is 10.1. The number of aromatic nitrogens is 1. The average Bonchev–Trinajstić information content (AvgIpc) is 2.74. The van der Waals surface area contributed by atoms with Crippen LogP contribution in [0.4, 0.5) is 0 Å². The summed E-state index contributed by atoms with van der Waals surface area (Å²) in [5, 5.41) is 9.00. The Morgan fingerprint density at radius 3 is 1.96 bits per heavy atom. The zero-order valence-corrected chi connectivity index (χ0v) is 16.4. The van der Waals surface area contributed by atoms with Crippen LogP contribution in [0.2, 0.25) is 0 Å². The quantitative estimate of drug-likeness (QED) is 0.428. The molecule has 28 heavy (non-hydrogen) atoms. The summed E-state index contributed by atoms with van der Waals surface area (Å²) < 4.78 is 0. The number of hydrogen-bond donors (Lipinski definition) is 1. The van der Waals surface area contributed by atoms with Gasteiger partial charge in [0.2, 0.25) is 0 Å². The Balaban J connectivity index is 1.62. The van der Waals surface area contributed by atoms with Gasteiger partial charge in [-0.1, -0.05) is 75.1 Å². The fraction of sp³-hybridized carbons (Fsp3) is 0.280. The van der Waals surface area contributed by atoms with E-state index in [0.717, 1.165) is 28.8 Å². The molecule has 3 heteroatoms. The number of rotatable bonds is 9. The van der Waals surface area contributed by atoms with Crippen LogP contribution in [-0.4, -0.2) is 16.1 Å². The number of carboxylic acids is 1. The first kappa shape index (κ1) is 19.8. The maximum Gasteiger partial charge on any atom is 0.335 e. The van der Waals surface area contributed by atoms with Gasteiger partial charge in [-0.15, -0.1) is 0 Å². The minimum Gasteiger partial charge on any atom is -0.478 e. The molecule has 0 saturated heterocycles. The number of hydrogen-bond acceptors (Lipinski definition) is 2. The summed E-state index contributed by atoms with van der Waals surface area (Å²) in [5.74, 6) is -0.905. The number of aryl methyl sites for hydroxylation is 1. The molecule has 0 radical (unpaired) electrons. The highest BCUT2D eigenvalue weighted by Crippen LogP contribution is 2.24. The Labute approximate surface area is 167 Å². The van der Waals surface area contributed by atoms with Crippen molar-refractivity contribution in [2.75, 3.05) is 0 Å². The van der Waals surface area contributed by atoms with Crippen LogP contribution in [0.25, 0.3) is 22.4 Å². The number of carbonyl (C=O) groups is 1. The Morgan fingerprint density at radius 2 is 1.39 bits per heavy atom. The van der Waals surface area contributed by atoms with Crippen LogP contribution in [0.5, 0.6) is 0 Å². The highest BCUT2D eigenvalue weighted by Gasteiger charge is 2.05. The van der Waals surface area contributed by atoms with Gasteiger partial charge in [0.1, 0.15) is 0 Å². The molecule has 1 N–H and O–H groups in total. The number of nitrogens with zero attached hydrogens (tertiary/aromatic N) is 1. The lowest BCUT2D eigenvalue weighted by Crippen LogP contribution is -1.94. The van der Waals surface area contributed by atoms with Gasteiger partial charge in [0, 0.05) is 11.8 Å². The molecule has 3 aromatic rings. The summed E-state index contributed by atoms with van der Waals surface area (Å²) in [6.07, 6.45) is 9.56. The zero-order chi connectivity index (χ0) is 19.8. The molecule has 0 amide bonds. The summed E-state index contributed by atoms with van der Waals surface area (Å²) in [6.45, 7) is 2.24. The predicted octanol–water partition coefficient (Wildman–Crippen LogP) is 6.63. The van der Waals surface area contributed by atoms with Gasteiger partial charge < -0.3 is 5.11 Å². The molecule has 0 spiro atoms. The highest BCUT2D eigenvalue weighted by atomic mass is 16.4. The van der Waals surface area contributed by atoms with E-state index in [2.05, 4.69) is 48.3 Å². The van der Waals surface area contributed by atoms with Crippen molar-refractivity contribution in [1.82, 2.24) is 4.98 Å². The molecule has 0 aliphatic rings. The molecule has 3 rings (SSSR count). The normalized spacial score (nSPS) is 10.8. The van der Waals surface area contributed by atoms with Crippen LogP contribution in [-0.2, 0) is 6.42 Å². The fourth-order valence-electron chi connectivity index (χ4n) is 3.31. The van der Waals surface area contributed by atoms with Crippen molar-refractivity contribution in [3.63, 3.8) is 0 Å². The van der Waals surface area contributed by atoms with Gasteiger partial charge in [-0.25, -0.2) is 4.79 Å². The Morgan fingerprint density at radius 1 is 0.786 bits per heavy atom. The predicted molar refractivity (Wildman–Crippen MR) is 115 cm³/mol. The first-order valence-electron chi connectivity index (χ1n) is 10.1. The Hall–Kier alpha value is -2.94. The van der Waals surface area contributed by atoms with Gasteiger partial charge >= 0.3 is 5.97 Å². The molecular weight excluding hydrogens is 346 g/mol. The van der Waals surface area contributed by atoms with Crippen molar-refractivity contribution < 1.29 is 9.90 Å². The van der Waals surface area contributed by atoms with E-state index >= 15 is 0 Å². The van der Waals surface area contributed by atoms with Gasteiger partial charge in [0.25, 0.3) is 0 Å². The molecular formula is C25H27NO2. The molecule has 1 aromatic heterocycles. The van der Waals surface area contributed by atoms with Gasteiger partial charge in [-0.2, -0.15) is 0 Å². The summed E-state index contributed by atoms with van der Waals surface area (Å²) in [5.41, 5.74) is 5.72. The second-order valence-corrected chi connectivity index (χ2v) is 7.18. The van der Waals surface area contributed by atoms with Crippen LogP contribution < -0.4 is 0 Å². The summed E-state index contributed by atoms with van der Waals surface area (Å²) >= 11 is 0. The van der Waals surface area contributed by atoms with E-state index in [1.54, 1.807) is 12.1 Å². The minimum atomic E-state index is -0.905. The summed E-state index contributed by atoms with van der Waals surface area (Å²) in [6, 6.07) is 19.4. The molecule has 0 fully saturated rings. The third-order valence-electron chi connectivity index (χ3n) is 5.04. The van der Waals surface area contributed by atoms with Crippen LogP contribution in [0.15, 0.2) is 66.9 Å². The van der Waals surface area contributed by atoms with Crippen molar-refractivity contribution in [2.45, 2.75) is 45.4 Å². The summed E-state index contributed by atoms with van der Waals surface area (Å²) in [4.78, 5) is 15.6. The minimum absolute atomic E-state index is 0.301. The maximum atomic E-state index is 11.0. The van der Waals surface area contributed by atoms with E-state index in [9.17, 15) is 4.79 Å². The molecule has 0 unspecified atom stereocenters. The number of aromatic carboxylic acids is 1. The third-order valence-corrected chi connectivity index (χ3v) is 5.04.